The standard InChI is InChI=1S/C17H8F3N3O5S/c18-17(19,20)16(26)21-15(25)14-12(22-8-2-1-3-11(22)29-14)13(24)9-4-6-10(7-5-9)23(27)28/h1-8H/p+1. The van der Waals surface area contributed by atoms with Crippen LogP contribution in [0.25, 0.3) is 4.83 Å². The Labute approximate surface area is 163 Å². The van der Waals surface area contributed by atoms with Crippen LogP contribution in [0.15, 0.2) is 48.7 Å². The van der Waals surface area contributed by atoms with E-state index in [2.05, 4.69) is 0 Å². The molecule has 0 saturated heterocycles. The van der Waals surface area contributed by atoms with Gasteiger partial charge in [-0.1, -0.05) is 11.3 Å². The molecule has 29 heavy (non-hydrogen) atoms. The first-order valence-corrected chi connectivity index (χ1v) is 8.56. The molecule has 3 aromatic rings. The number of carbonyl (C=O) groups is 3. The second-order valence-corrected chi connectivity index (χ2v) is 6.63. The zero-order chi connectivity index (χ0) is 21.3. The molecule has 1 aromatic carbocycles. The van der Waals surface area contributed by atoms with E-state index in [0.29, 0.717) is 4.83 Å². The number of halogens is 3. The highest BCUT2D eigenvalue weighted by atomic mass is 32.1. The van der Waals surface area contributed by atoms with Crippen molar-refractivity contribution in [3.8, 4) is 0 Å². The van der Waals surface area contributed by atoms with Crippen LogP contribution < -0.4 is 9.72 Å². The number of non-ortho nitro benzene ring substituents is 1. The number of nitrogens with zero attached hydrogens (tertiary/aromatic N) is 2. The number of amides is 2. The summed E-state index contributed by atoms with van der Waals surface area (Å²) < 4.78 is 38.7. The van der Waals surface area contributed by atoms with Crippen LogP contribution in [0.4, 0.5) is 18.9 Å². The molecule has 2 heterocycles. The first-order valence-electron chi connectivity index (χ1n) is 7.74. The number of aromatic nitrogens is 1. The molecule has 2 amide bonds. The van der Waals surface area contributed by atoms with Crippen molar-refractivity contribution in [3.05, 3.63) is 74.9 Å². The topological polar surface area (TPSA) is 110 Å². The molecule has 0 atom stereocenters. The molecule has 0 fully saturated rings. The fourth-order valence-corrected chi connectivity index (χ4v) is 3.46. The maximum Gasteiger partial charge on any atom is 0.471 e. The number of fused-ring (bicyclic) bond motifs is 1. The number of hydrogen-bond donors (Lipinski definition) is 1. The first-order chi connectivity index (χ1) is 13.6. The quantitative estimate of drug-likeness (QED) is 0.299. The van der Waals surface area contributed by atoms with E-state index in [0.717, 1.165) is 35.6 Å². The van der Waals surface area contributed by atoms with Crippen LogP contribution in [0.5, 0.6) is 0 Å². The van der Waals surface area contributed by atoms with E-state index in [1.165, 1.54) is 28.0 Å². The molecule has 1 N–H and O–H groups in total. The van der Waals surface area contributed by atoms with Gasteiger partial charge < -0.3 is 0 Å². The minimum atomic E-state index is -5.28. The van der Waals surface area contributed by atoms with E-state index in [1.54, 1.807) is 6.07 Å². The largest absolute Gasteiger partial charge is 0.471 e. The third kappa shape index (κ3) is 3.96. The van der Waals surface area contributed by atoms with Crippen LogP contribution in [-0.2, 0) is 4.79 Å². The number of alkyl halides is 3. The zero-order valence-electron chi connectivity index (χ0n) is 14.1. The number of pyridine rings is 1. The van der Waals surface area contributed by atoms with Crippen LogP contribution in [0.1, 0.15) is 25.7 Å². The third-order valence-corrected chi connectivity index (χ3v) is 4.86. The molecule has 148 valence electrons. The Morgan fingerprint density at radius 1 is 1.07 bits per heavy atom. The summed E-state index contributed by atoms with van der Waals surface area (Å²) in [7, 11) is 0. The van der Waals surface area contributed by atoms with Crippen LogP contribution in [-0.4, -0.2) is 28.7 Å². The van der Waals surface area contributed by atoms with Crippen molar-refractivity contribution in [2.45, 2.75) is 6.18 Å². The maximum absolute atomic E-state index is 12.9. The van der Waals surface area contributed by atoms with E-state index in [9.17, 15) is 37.7 Å². The summed E-state index contributed by atoms with van der Waals surface area (Å²) in [6.45, 7) is 0. The molecule has 8 nitrogen and oxygen atoms in total. The average molecular weight is 424 g/mol. The minimum Gasteiger partial charge on any atom is -0.283 e. The zero-order valence-corrected chi connectivity index (χ0v) is 14.9. The summed E-state index contributed by atoms with van der Waals surface area (Å²) in [4.78, 5) is 46.4. The molecule has 2 aromatic heterocycles. The van der Waals surface area contributed by atoms with Crippen molar-refractivity contribution >= 4 is 39.5 Å². The molecule has 0 aliphatic carbocycles. The number of nitrogens with one attached hydrogen (secondary N) is 1. The monoisotopic (exact) mass is 424 g/mol. The fraction of sp³-hybridized carbons (Fsp3) is 0.0588. The number of ketones is 1. The lowest BCUT2D eigenvalue weighted by Crippen LogP contribution is -2.41. The molecular formula is C17H9F3N3O5S+. The minimum absolute atomic E-state index is 0.0251. The van der Waals surface area contributed by atoms with Crippen molar-refractivity contribution in [2.24, 2.45) is 0 Å². The number of rotatable bonds is 4. The Bertz CT molecular complexity index is 1160. The number of nitro groups is 1. The second kappa shape index (κ2) is 7.39. The van der Waals surface area contributed by atoms with Crippen molar-refractivity contribution in [2.75, 3.05) is 0 Å². The van der Waals surface area contributed by atoms with Crippen LogP contribution in [0.2, 0.25) is 0 Å². The van der Waals surface area contributed by atoms with Gasteiger partial charge in [-0.3, -0.25) is 29.8 Å². The van der Waals surface area contributed by atoms with Gasteiger partial charge in [0, 0.05) is 29.8 Å². The highest BCUT2D eigenvalue weighted by Gasteiger charge is 2.41. The van der Waals surface area contributed by atoms with Crippen LogP contribution in [0, 0.1) is 10.1 Å². The lowest BCUT2D eigenvalue weighted by Gasteiger charge is -2.05. The number of benzene rings is 1. The van der Waals surface area contributed by atoms with Gasteiger partial charge in [-0.25, -0.2) is 0 Å². The maximum atomic E-state index is 12.9. The van der Waals surface area contributed by atoms with E-state index in [-0.39, 0.29) is 16.9 Å². The molecule has 0 aliphatic rings. The molecule has 3 rings (SSSR count). The van der Waals surface area contributed by atoms with Gasteiger partial charge in [0.1, 0.15) is 0 Å². The van der Waals surface area contributed by atoms with E-state index in [1.807, 2.05) is 0 Å². The van der Waals surface area contributed by atoms with Gasteiger partial charge in [0.05, 0.1) is 4.92 Å². The predicted octanol–water partition coefficient (Wildman–Crippen LogP) is 2.44. The second-order valence-electron chi connectivity index (χ2n) is 5.60. The van der Waals surface area contributed by atoms with Gasteiger partial charge in [-0.05, 0) is 18.2 Å². The van der Waals surface area contributed by atoms with Crippen LogP contribution >= 0.6 is 11.3 Å². The number of nitro benzene ring substituents is 1. The van der Waals surface area contributed by atoms with Crippen molar-refractivity contribution in [3.63, 3.8) is 0 Å². The third-order valence-electron chi connectivity index (χ3n) is 3.73. The summed E-state index contributed by atoms with van der Waals surface area (Å²) in [6.07, 6.45) is -3.85. The normalized spacial score (nSPS) is 11.3. The summed E-state index contributed by atoms with van der Waals surface area (Å²) in [5.41, 5.74) is -0.562. The first kappa shape index (κ1) is 20.1. The molecule has 0 bridgehead atoms. The predicted molar refractivity (Wildman–Crippen MR) is 92.5 cm³/mol. The Kier molecular flexibility index (Phi) is 5.12. The molecule has 0 radical (unpaired) electrons. The molecule has 0 unspecified atom stereocenters. The molecule has 0 spiro atoms. The number of thiazole rings is 1. The van der Waals surface area contributed by atoms with Gasteiger partial charge >= 0.3 is 12.1 Å². The number of carbonyl (C=O) groups excluding carboxylic acids is 3. The average Bonchev–Trinajstić information content (AvgIpc) is 3.06. The summed E-state index contributed by atoms with van der Waals surface area (Å²) in [5, 5.41) is 12.0. The molecule has 0 aliphatic heterocycles. The Morgan fingerprint density at radius 3 is 2.31 bits per heavy atom. The fourth-order valence-electron chi connectivity index (χ4n) is 2.43. The SMILES string of the molecule is O=C(NC(=O)C(F)(F)F)c1sc2cccc[n+]2c1C(=O)c1ccc([N+](=O)[O-])cc1. The van der Waals surface area contributed by atoms with Crippen molar-refractivity contribution in [1.82, 2.24) is 5.32 Å². The Hall–Kier alpha value is -3.67. The van der Waals surface area contributed by atoms with Crippen LogP contribution in [0.3, 0.4) is 0 Å². The highest BCUT2D eigenvalue weighted by molar-refractivity contribution is 7.19. The van der Waals surface area contributed by atoms with Gasteiger partial charge in [0.15, 0.2) is 11.1 Å². The van der Waals surface area contributed by atoms with Gasteiger partial charge in [0.2, 0.25) is 0 Å². The summed E-state index contributed by atoms with van der Waals surface area (Å²) in [5.74, 6) is -4.60. The van der Waals surface area contributed by atoms with E-state index >= 15 is 0 Å². The van der Waals surface area contributed by atoms with Gasteiger partial charge in [0.25, 0.3) is 27.9 Å². The lowest BCUT2D eigenvalue weighted by atomic mass is 10.1. The van der Waals surface area contributed by atoms with Gasteiger partial charge in [-0.2, -0.15) is 13.2 Å². The molecular weight excluding hydrogens is 415 g/mol. The summed E-state index contributed by atoms with van der Waals surface area (Å²) >= 11 is 0.718. The Morgan fingerprint density at radius 2 is 1.72 bits per heavy atom. The Balaban J connectivity index is 2.07. The highest BCUT2D eigenvalue weighted by Crippen LogP contribution is 2.23. The van der Waals surface area contributed by atoms with E-state index < -0.39 is 33.6 Å². The van der Waals surface area contributed by atoms with Crippen molar-refractivity contribution < 1.29 is 36.9 Å². The lowest BCUT2D eigenvalue weighted by molar-refractivity contribution is -0.510. The van der Waals surface area contributed by atoms with Crippen molar-refractivity contribution in [1.29, 1.82) is 0 Å². The molecule has 0 saturated carbocycles. The molecule has 12 heteroatoms. The number of imide groups is 1. The smallest absolute Gasteiger partial charge is 0.283 e. The van der Waals surface area contributed by atoms with E-state index in [4.69, 9.17) is 0 Å². The summed E-state index contributed by atoms with van der Waals surface area (Å²) in [6, 6.07) is 9.15. The van der Waals surface area contributed by atoms with Gasteiger partial charge in [-0.15, -0.1) is 4.40 Å². The number of hydrogen-bond acceptors (Lipinski definition) is 6.